The molecule has 0 saturated carbocycles. The van der Waals surface area contributed by atoms with Crippen molar-refractivity contribution in [2.75, 3.05) is 6.61 Å². The van der Waals surface area contributed by atoms with Gasteiger partial charge in [0.05, 0.1) is 6.61 Å². The number of carbonyl (C=O) groups excluding carboxylic acids is 2. The average molecular weight is 399 g/mol. The van der Waals surface area contributed by atoms with Crippen LogP contribution in [-0.4, -0.2) is 30.5 Å². The summed E-state index contributed by atoms with van der Waals surface area (Å²) in [5.74, 6) is -0.0216. The number of hydrogen-bond donors (Lipinski definition) is 1. The van der Waals surface area contributed by atoms with Gasteiger partial charge in [0, 0.05) is 20.3 Å². The van der Waals surface area contributed by atoms with E-state index in [-0.39, 0.29) is 19.6 Å². The van der Waals surface area contributed by atoms with Crippen molar-refractivity contribution in [3.05, 3.63) is 59.7 Å². The standard InChI is InChI=1S/C22H25NO6/c1-4-26-20(24)17(23-21(25)27-14-15-8-6-5-7-9-15)12-16-10-11-18-19(13-16)29-22(2,3)28-18/h5-11,13,17H,4,12,14H2,1-3H3,(H,23,25)/t17-/m0/s1. The molecule has 0 unspecified atom stereocenters. The third-order valence-corrected chi connectivity index (χ3v) is 4.24. The summed E-state index contributed by atoms with van der Waals surface area (Å²) in [5.41, 5.74) is 1.65. The van der Waals surface area contributed by atoms with Crippen molar-refractivity contribution in [3.8, 4) is 11.5 Å². The molecule has 7 heteroatoms. The quantitative estimate of drug-likeness (QED) is 0.717. The van der Waals surface area contributed by atoms with Gasteiger partial charge in [-0.2, -0.15) is 0 Å². The number of amides is 1. The number of nitrogens with one attached hydrogen (secondary N) is 1. The second-order valence-corrected chi connectivity index (χ2v) is 7.10. The van der Waals surface area contributed by atoms with E-state index in [1.165, 1.54) is 0 Å². The lowest BCUT2D eigenvalue weighted by Gasteiger charge is -2.17. The summed E-state index contributed by atoms with van der Waals surface area (Å²) >= 11 is 0. The number of rotatable bonds is 7. The first-order valence-electron chi connectivity index (χ1n) is 9.51. The van der Waals surface area contributed by atoms with Crippen LogP contribution in [0.25, 0.3) is 0 Å². The minimum absolute atomic E-state index is 0.112. The van der Waals surface area contributed by atoms with Crippen LogP contribution in [0.5, 0.6) is 11.5 Å². The highest BCUT2D eigenvalue weighted by Crippen LogP contribution is 2.39. The highest BCUT2D eigenvalue weighted by Gasteiger charge is 2.32. The maximum atomic E-state index is 12.3. The van der Waals surface area contributed by atoms with Crippen molar-refractivity contribution in [2.24, 2.45) is 0 Å². The Morgan fingerprint density at radius 2 is 1.72 bits per heavy atom. The van der Waals surface area contributed by atoms with Gasteiger partial charge in [0.1, 0.15) is 12.6 Å². The lowest BCUT2D eigenvalue weighted by molar-refractivity contribution is -0.145. The highest BCUT2D eigenvalue weighted by molar-refractivity contribution is 5.81. The van der Waals surface area contributed by atoms with E-state index in [2.05, 4.69) is 5.32 Å². The fourth-order valence-electron chi connectivity index (χ4n) is 2.97. The zero-order chi connectivity index (χ0) is 20.9. The van der Waals surface area contributed by atoms with Crippen LogP contribution in [0.15, 0.2) is 48.5 Å². The molecule has 0 bridgehead atoms. The summed E-state index contributed by atoms with van der Waals surface area (Å²) < 4.78 is 21.7. The second-order valence-electron chi connectivity index (χ2n) is 7.10. The Bertz CT molecular complexity index is 865. The number of ether oxygens (including phenoxy) is 4. The molecule has 1 atom stereocenters. The molecule has 1 amide bonds. The molecule has 7 nitrogen and oxygen atoms in total. The molecule has 2 aromatic rings. The van der Waals surface area contributed by atoms with Crippen LogP contribution < -0.4 is 14.8 Å². The molecule has 1 heterocycles. The van der Waals surface area contributed by atoms with Gasteiger partial charge < -0.3 is 24.3 Å². The van der Waals surface area contributed by atoms with Crippen LogP contribution in [0.2, 0.25) is 0 Å². The molecule has 1 aliphatic heterocycles. The zero-order valence-corrected chi connectivity index (χ0v) is 16.8. The van der Waals surface area contributed by atoms with E-state index < -0.39 is 23.9 Å². The number of alkyl carbamates (subject to hydrolysis) is 1. The van der Waals surface area contributed by atoms with Crippen LogP contribution in [0, 0.1) is 0 Å². The second kappa shape index (κ2) is 8.86. The largest absolute Gasteiger partial charge is 0.464 e. The van der Waals surface area contributed by atoms with Crippen molar-refractivity contribution >= 4 is 12.1 Å². The molecular weight excluding hydrogens is 374 g/mol. The lowest BCUT2D eigenvalue weighted by Crippen LogP contribution is -2.43. The van der Waals surface area contributed by atoms with Gasteiger partial charge in [-0.3, -0.25) is 0 Å². The minimum atomic E-state index is -0.883. The highest BCUT2D eigenvalue weighted by atomic mass is 16.7. The maximum Gasteiger partial charge on any atom is 0.408 e. The number of fused-ring (bicyclic) bond motifs is 1. The molecule has 0 spiro atoms. The first-order valence-corrected chi connectivity index (χ1v) is 9.51. The van der Waals surface area contributed by atoms with Crippen molar-refractivity contribution in [3.63, 3.8) is 0 Å². The van der Waals surface area contributed by atoms with E-state index in [1.54, 1.807) is 19.1 Å². The van der Waals surface area contributed by atoms with Gasteiger partial charge in [-0.15, -0.1) is 0 Å². The van der Waals surface area contributed by atoms with Crippen LogP contribution in [0.1, 0.15) is 31.9 Å². The molecule has 0 aliphatic carbocycles. The van der Waals surface area contributed by atoms with Crippen LogP contribution >= 0.6 is 0 Å². The first-order chi connectivity index (χ1) is 13.9. The smallest absolute Gasteiger partial charge is 0.408 e. The third kappa shape index (κ3) is 5.63. The number of carbonyl (C=O) groups is 2. The number of esters is 1. The predicted molar refractivity (Wildman–Crippen MR) is 106 cm³/mol. The predicted octanol–water partition coefficient (Wildman–Crippen LogP) is 3.59. The molecule has 154 valence electrons. The Labute approximate surface area is 169 Å². The molecule has 2 aromatic carbocycles. The first kappa shape index (κ1) is 20.5. The Balaban J connectivity index is 1.65. The monoisotopic (exact) mass is 399 g/mol. The van der Waals surface area contributed by atoms with E-state index in [4.69, 9.17) is 18.9 Å². The van der Waals surface area contributed by atoms with E-state index in [9.17, 15) is 9.59 Å². The number of benzene rings is 2. The topological polar surface area (TPSA) is 83.1 Å². The third-order valence-electron chi connectivity index (χ3n) is 4.24. The van der Waals surface area contributed by atoms with Gasteiger partial charge in [-0.1, -0.05) is 36.4 Å². The summed E-state index contributed by atoms with van der Waals surface area (Å²) in [7, 11) is 0. The SMILES string of the molecule is CCOC(=O)[C@H](Cc1ccc2c(c1)OC(C)(C)O2)NC(=O)OCc1ccccc1. The maximum absolute atomic E-state index is 12.3. The van der Waals surface area contributed by atoms with Gasteiger partial charge in [-0.25, -0.2) is 9.59 Å². The number of hydrogen-bond acceptors (Lipinski definition) is 6. The van der Waals surface area contributed by atoms with Gasteiger partial charge in [0.25, 0.3) is 0 Å². The Hall–Kier alpha value is -3.22. The summed E-state index contributed by atoms with van der Waals surface area (Å²) in [5, 5.41) is 2.60. The molecule has 0 aromatic heterocycles. The molecule has 0 radical (unpaired) electrons. The summed E-state index contributed by atoms with van der Waals surface area (Å²) in [4.78, 5) is 24.6. The Morgan fingerprint density at radius 1 is 1.00 bits per heavy atom. The van der Waals surface area contributed by atoms with Gasteiger partial charge in [0.15, 0.2) is 11.5 Å². The van der Waals surface area contributed by atoms with Crippen molar-refractivity contribution < 1.29 is 28.5 Å². The van der Waals surface area contributed by atoms with Gasteiger partial charge in [0.2, 0.25) is 5.79 Å². The van der Waals surface area contributed by atoms with Gasteiger partial charge >= 0.3 is 12.1 Å². The van der Waals surface area contributed by atoms with Gasteiger partial charge in [-0.05, 0) is 30.2 Å². The summed E-state index contributed by atoms with van der Waals surface area (Å²) in [6.07, 6.45) is -0.454. The average Bonchev–Trinajstić information content (AvgIpc) is 3.00. The van der Waals surface area contributed by atoms with Crippen molar-refractivity contribution in [2.45, 2.75) is 45.6 Å². The van der Waals surface area contributed by atoms with E-state index in [0.717, 1.165) is 11.1 Å². The Morgan fingerprint density at radius 3 is 2.45 bits per heavy atom. The fourth-order valence-corrected chi connectivity index (χ4v) is 2.97. The van der Waals surface area contributed by atoms with Crippen molar-refractivity contribution in [1.29, 1.82) is 0 Å². The van der Waals surface area contributed by atoms with Crippen molar-refractivity contribution in [1.82, 2.24) is 5.32 Å². The van der Waals surface area contributed by atoms with Crippen LogP contribution in [0.3, 0.4) is 0 Å². The summed E-state index contributed by atoms with van der Waals surface area (Å²) in [6, 6.07) is 13.8. The molecule has 3 rings (SSSR count). The molecule has 1 N–H and O–H groups in total. The van der Waals surface area contributed by atoms with Crippen LogP contribution in [-0.2, 0) is 27.3 Å². The van der Waals surface area contributed by atoms with E-state index in [0.29, 0.717) is 11.5 Å². The molecule has 0 saturated heterocycles. The van der Waals surface area contributed by atoms with E-state index >= 15 is 0 Å². The Kier molecular flexibility index (Phi) is 6.26. The molecule has 1 aliphatic rings. The molecule has 0 fully saturated rings. The van der Waals surface area contributed by atoms with E-state index in [1.807, 2.05) is 50.2 Å². The minimum Gasteiger partial charge on any atom is -0.464 e. The normalized spacial score (nSPS) is 14.7. The lowest BCUT2D eigenvalue weighted by atomic mass is 10.1. The molecular formula is C22H25NO6. The van der Waals surface area contributed by atoms with Crippen LogP contribution in [0.4, 0.5) is 4.79 Å². The zero-order valence-electron chi connectivity index (χ0n) is 16.8. The summed E-state index contributed by atoms with van der Waals surface area (Å²) in [6.45, 7) is 5.68. The molecule has 29 heavy (non-hydrogen) atoms. The fraction of sp³-hybridized carbons (Fsp3) is 0.364.